The number of nitrogens with two attached hydrogens (primary N) is 1. The molecule has 0 radical (unpaired) electrons. The molecule has 2 bridgehead atoms. The third kappa shape index (κ3) is 7.55. The zero-order valence-corrected chi connectivity index (χ0v) is 18.8. The van der Waals surface area contributed by atoms with E-state index in [1.807, 2.05) is 0 Å². The van der Waals surface area contributed by atoms with Crippen LogP contribution in [0.3, 0.4) is 0 Å². The van der Waals surface area contributed by atoms with E-state index in [2.05, 4.69) is 5.32 Å². The number of allylic oxidation sites excluding steroid dienone is 4. The van der Waals surface area contributed by atoms with Crippen LogP contribution in [-0.4, -0.2) is 63.2 Å². The van der Waals surface area contributed by atoms with E-state index in [9.17, 15) is 19.2 Å². The molecule has 3 N–H and O–H groups in total. The number of carbonyl (C=O) groups is 4. The van der Waals surface area contributed by atoms with Gasteiger partial charge in [-0.1, -0.05) is 24.3 Å². The zero-order chi connectivity index (χ0) is 24.4. The van der Waals surface area contributed by atoms with Gasteiger partial charge >= 0.3 is 6.09 Å². The van der Waals surface area contributed by atoms with E-state index in [1.54, 1.807) is 32.1 Å². The molecule has 0 fully saturated rings. The normalized spacial score (nSPS) is 25.7. The van der Waals surface area contributed by atoms with Gasteiger partial charge in [0.25, 0.3) is 5.91 Å². The van der Waals surface area contributed by atoms with Crippen LogP contribution in [0.2, 0.25) is 0 Å². The monoisotopic (exact) mass is 460 g/mol. The second kappa shape index (κ2) is 12.5. The summed E-state index contributed by atoms with van der Waals surface area (Å²) in [7, 11) is 1.28. The third-order valence-electron chi connectivity index (χ3n) is 4.84. The summed E-state index contributed by atoms with van der Waals surface area (Å²) < 4.78 is 21.2. The molecule has 1 aliphatic carbocycles. The highest BCUT2D eigenvalue weighted by atomic mass is 16.6. The summed E-state index contributed by atoms with van der Waals surface area (Å²) >= 11 is 0. The van der Waals surface area contributed by atoms with Crippen LogP contribution in [0.4, 0.5) is 4.79 Å². The van der Waals surface area contributed by atoms with Crippen molar-refractivity contribution in [3.8, 4) is 0 Å². The second-order valence-corrected chi connectivity index (χ2v) is 7.23. The number of carbonyl (C=O) groups excluding carboxylic acids is 4. The van der Waals surface area contributed by atoms with E-state index >= 15 is 0 Å². The van der Waals surface area contributed by atoms with Gasteiger partial charge in [0, 0.05) is 18.1 Å². The highest BCUT2D eigenvalue weighted by molar-refractivity contribution is 6.23. The highest BCUT2D eigenvalue weighted by Crippen LogP contribution is 2.20. The number of primary amides is 1. The lowest BCUT2D eigenvalue weighted by Gasteiger charge is -2.19. The number of ether oxygens (including phenoxy) is 4. The molecule has 1 heterocycles. The van der Waals surface area contributed by atoms with Crippen molar-refractivity contribution < 1.29 is 38.1 Å². The molecule has 2 aliphatic rings. The molecule has 10 heteroatoms. The number of amides is 2. The van der Waals surface area contributed by atoms with Crippen molar-refractivity contribution in [3.05, 3.63) is 58.6 Å². The Labute approximate surface area is 191 Å². The molecular formula is C23H28N2O8. The standard InChI is InChI=1S/C23H28N2O8/c1-14-8-9-31-10-11-32-13-16-20(27)17(12-18(26)21(16)30-3)25-22(28)15(2)6-4-5-7-19(14)33-23(24)29/h4-6,8,12,19H,7,9-11,13H2,1-3H3,(H2,24,29)(H,25,28)/b5-4-,14-8+,15-6+. The number of nitrogens with one attached hydrogen (secondary N) is 1. The topological polar surface area (TPSA) is 143 Å². The van der Waals surface area contributed by atoms with Gasteiger partial charge in [-0.2, -0.15) is 0 Å². The Morgan fingerprint density at radius 1 is 1.18 bits per heavy atom. The molecule has 1 atom stereocenters. The number of hydrogen-bond acceptors (Lipinski definition) is 8. The third-order valence-corrected chi connectivity index (χ3v) is 4.84. The number of methoxy groups -OCH3 is 1. The molecule has 0 saturated heterocycles. The molecule has 178 valence electrons. The van der Waals surface area contributed by atoms with E-state index in [0.717, 1.165) is 11.6 Å². The molecule has 0 aromatic rings. The molecule has 0 saturated carbocycles. The van der Waals surface area contributed by atoms with E-state index in [4.69, 9.17) is 24.7 Å². The molecule has 2 rings (SSSR count). The van der Waals surface area contributed by atoms with E-state index < -0.39 is 29.7 Å². The fourth-order valence-corrected chi connectivity index (χ4v) is 3.00. The van der Waals surface area contributed by atoms with Crippen molar-refractivity contribution in [2.75, 3.05) is 33.5 Å². The van der Waals surface area contributed by atoms with Crippen LogP contribution in [0, 0.1) is 0 Å². The first-order valence-corrected chi connectivity index (χ1v) is 10.3. The maximum atomic E-state index is 12.8. The summed E-state index contributed by atoms with van der Waals surface area (Å²) in [6, 6.07) is 0. The Balaban J connectivity index is 2.28. The minimum Gasteiger partial charge on any atom is -0.492 e. The largest absolute Gasteiger partial charge is 0.492 e. The summed E-state index contributed by atoms with van der Waals surface area (Å²) in [6.45, 7) is 3.75. The SMILES string of the molecule is COC1=C2COCCOC/C=C(\C)C(OC(N)=O)C/C=C\C=C(/C)C(=O)NC(=CC1=O)C2=O. The van der Waals surface area contributed by atoms with Crippen molar-refractivity contribution in [2.24, 2.45) is 5.73 Å². The highest BCUT2D eigenvalue weighted by Gasteiger charge is 2.30. The van der Waals surface area contributed by atoms with Crippen molar-refractivity contribution in [1.82, 2.24) is 5.32 Å². The lowest BCUT2D eigenvalue weighted by Crippen LogP contribution is -2.34. The van der Waals surface area contributed by atoms with Gasteiger partial charge in [-0.15, -0.1) is 0 Å². The molecule has 1 aliphatic heterocycles. The van der Waals surface area contributed by atoms with Gasteiger partial charge in [-0.3, -0.25) is 14.4 Å². The van der Waals surface area contributed by atoms with Crippen molar-refractivity contribution in [2.45, 2.75) is 26.4 Å². The van der Waals surface area contributed by atoms with Gasteiger partial charge in [0.1, 0.15) is 6.10 Å². The van der Waals surface area contributed by atoms with Crippen molar-refractivity contribution in [1.29, 1.82) is 0 Å². The Morgan fingerprint density at radius 2 is 1.91 bits per heavy atom. The van der Waals surface area contributed by atoms with Gasteiger partial charge in [0.15, 0.2) is 5.76 Å². The van der Waals surface area contributed by atoms with Crippen LogP contribution >= 0.6 is 0 Å². The Kier molecular flexibility index (Phi) is 9.77. The molecule has 2 amide bonds. The van der Waals surface area contributed by atoms with Crippen LogP contribution in [0.25, 0.3) is 0 Å². The number of fused-ring (bicyclic) bond motifs is 2. The number of Topliss-reactive ketones (excluding diaryl/α,β-unsaturated/α-hetero) is 1. The first-order valence-electron chi connectivity index (χ1n) is 10.3. The van der Waals surface area contributed by atoms with E-state index in [1.165, 1.54) is 13.2 Å². The molecule has 0 spiro atoms. The van der Waals surface area contributed by atoms with E-state index in [0.29, 0.717) is 6.42 Å². The van der Waals surface area contributed by atoms with Crippen molar-refractivity contribution in [3.63, 3.8) is 0 Å². The number of hydrogen-bond donors (Lipinski definition) is 2. The fourth-order valence-electron chi connectivity index (χ4n) is 3.00. The minimum atomic E-state index is -0.900. The molecule has 0 aromatic carbocycles. The Morgan fingerprint density at radius 3 is 2.61 bits per heavy atom. The average Bonchev–Trinajstić information content (AvgIpc) is 2.76. The lowest BCUT2D eigenvalue weighted by atomic mass is 9.98. The van der Waals surface area contributed by atoms with Crippen LogP contribution < -0.4 is 11.1 Å². The van der Waals surface area contributed by atoms with Gasteiger partial charge in [0.05, 0.1) is 44.8 Å². The summed E-state index contributed by atoms with van der Waals surface area (Å²) in [6.07, 6.45) is 6.49. The average molecular weight is 460 g/mol. The van der Waals surface area contributed by atoms with Gasteiger partial charge < -0.3 is 30.0 Å². The maximum Gasteiger partial charge on any atom is 0.405 e. The molecular weight excluding hydrogens is 432 g/mol. The van der Waals surface area contributed by atoms with Crippen LogP contribution in [0.15, 0.2) is 58.6 Å². The first kappa shape index (κ1) is 25.8. The summed E-state index contributed by atoms with van der Waals surface area (Å²) in [5.41, 5.74) is 6.05. The fraction of sp³-hybridized carbons (Fsp3) is 0.391. The predicted molar refractivity (Wildman–Crippen MR) is 118 cm³/mol. The summed E-state index contributed by atoms with van der Waals surface area (Å²) in [5, 5.41) is 2.46. The van der Waals surface area contributed by atoms with Crippen molar-refractivity contribution >= 4 is 23.6 Å². The summed E-state index contributed by atoms with van der Waals surface area (Å²) in [4.78, 5) is 48.9. The number of ketones is 2. The summed E-state index contributed by atoms with van der Waals surface area (Å²) in [5.74, 6) is -1.79. The van der Waals surface area contributed by atoms with Crippen LogP contribution in [0.5, 0.6) is 0 Å². The maximum absolute atomic E-state index is 12.8. The second-order valence-electron chi connectivity index (χ2n) is 7.23. The minimum absolute atomic E-state index is 0.0157. The van der Waals surface area contributed by atoms with Gasteiger partial charge in [-0.25, -0.2) is 4.79 Å². The quantitative estimate of drug-likeness (QED) is 0.465. The van der Waals surface area contributed by atoms with E-state index in [-0.39, 0.29) is 49.0 Å². The lowest BCUT2D eigenvalue weighted by molar-refractivity contribution is -0.121. The number of rotatable bonds is 2. The zero-order valence-electron chi connectivity index (χ0n) is 18.8. The smallest absolute Gasteiger partial charge is 0.405 e. The Hall–Kier alpha value is -3.50. The molecule has 0 aromatic heterocycles. The molecule has 33 heavy (non-hydrogen) atoms. The molecule has 10 nitrogen and oxygen atoms in total. The van der Waals surface area contributed by atoms with Gasteiger partial charge in [-0.05, 0) is 19.4 Å². The molecule has 1 unspecified atom stereocenters. The van der Waals surface area contributed by atoms with Crippen LogP contribution in [-0.2, 0) is 33.3 Å². The predicted octanol–water partition coefficient (Wildman–Crippen LogP) is 1.39. The first-order chi connectivity index (χ1) is 15.7. The van der Waals surface area contributed by atoms with Gasteiger partial charge in [0.2, 0.25) is 11.6 Å². The Bertz CT molecular complexity index is 956. The van der Waals surface area contributed by atoms with Crippen LogP contribution in [0.1, 0.15) is 20.3 Å².